The number of para-hydroxylation sites is 1. The smallest absolute Gasteiger partial charge is 0.420 e. The Hall–Kier alpha value is -3.38. The van der Waals surface area contributed by atoms with Gasteiger partial charge in [-0.1, -0.05) is 31.2 Å². The quantitative estimate of drug-likeness (QED) is 0.234. The van der Waals surface area contributed by atoms with E-state index in [4.69, 9.17) is 4.74 Å². The summed E-state index contributed by atoms with van der Waals surface area (Å²) < 4.78 is 72.7. The molecular weight excluding hydrogens is 553 g/mol. The molecule has 0 saturated carbocycles. The maximum absolute atomic E-state index is 14.1. The number of nitrogens with zero attached hydrogens (tertiary/aromatic N) is 3. The summed E-state index contributed by atoms with van der Waals surface area (Å²) >= 11 is 1.33. The highest BCUT2D eigenvalue weighted by molar-refractivity contribution is 7.97. The number of halogens is 5. The SMILES string of the molecule is CCC(C)(F)F.Cc1ccc(COc2cc3c(cc2C(F)(F)F)N(c2ccccc2)CCN(C)S3)c(C(=O)O)n1. The molecule has 3 aromatic rings. The van der Waals surface area contributed by atoms with Crippen molar-refractivity contribution in [3.05, 3.63) is 77.1 Å². The van der Waals surface area contributed by atoms with Gasteiger partial charge >= 0.3 is 12.1 Å². The molecule has 2 aromatic carbocycles. The molecule has 1 aromatic heterocycles. The lowest BCUT2D eigenvalue weighted by molar-refractivity contribution is -0.139. The van der Waals surface area contributed by atoms with Gasteiger partial charge in [0.1, 0.15) is 12.4 Å². The Labute approximate surface area is 233 Å². The number of carboxylic acid groups (broad SMARTS) is 1. The van der Waals surface area contributed by atoms with Crippen molar-refractivity contribution in [3.8, 4) is 5.75 Å². The zero-order chi connectivity index (χ0) is 29.7. The fourth-order valence-electron chi connectivity index (χ4n) is 3.67. The second kappa shape index (κ2) is 12.9. The third kappa shape index (κ3) is 8.31. The number of benzene rings is 2. The average molecular weight is 584 g/mol. The summed E-state index contributed by atoms with van der Waals surface area (Å²) in [6, 6.07) is 14.8. The number of pyridine rings is 1. The summed E-state index contributed by atoms with van der Waals surface area (Å²) in [6.07, 6.45) is -4.73. The number of likely N-dealkylation sites (N-methyl/N-ethyl adjacent to an activating group) is 1. The number of anilines is 2. The van der Waals surface area contributed by atoms with Crippen LogP contribution in [0.2, 0.25) is 0 Å². The third-order valence-electron chi connectivity index (χ3n) is 5.94. The first-order chi connectivity index (χ1) is 18.7. The number of aromatic nitrogens is 1. The van der Waals surface area contributed by atoms with Crippen molar-refractivity contribution in [2.24, 2.45) is 0 Å². The monoisotopic (exact) mass is 583 g/mol. The minimum Gasteiger partial charge on any atom is -0.488 e. The van der Waals surface area contributed by atoms with Crippen molar-refractivity contribution < 1.29 is 36.6 Å². The van der Waals surface area contributed by atoms with E-state index in [9.17, 15) is 31.9 Å². The van der Waals surface area contributed by atoms with Crippen LogP contribution < -0.4 is 9.64 Å². The van der Waals surface area contributed by atoms with Crippen molar-refractivity contribution in [2.75, 3.05) is 25.0 Å². The van der Waals surface area contributed by atoms with Gasteiger partial charge in [0.25, 0.3) is 0 Å². The van der Waals surface area contributed by atoms with E-state index in [-0.39, 0.29) is 30.0 Å². The number of rotatable bonds is 6. The van der Waals surface area contributed by atoms with Gasteiger partial charge in [0, 0.05) is 36.5 Å². The number of fused-ring (bicyclic) bond motifs is 1. The normalized spacial score (nSPS) is 14.1. The largest absolute Gasteiger partial charge is 0.488 e. The van der Waals surface area contributed by atoms with Gasteiger partial charge in [-0.2, -0.15) is 13.2 Å². The van der Waals surface area contributed by atoms with Crippen LogP contribution in [0.3, 0.4) is 0 Å². The van der Waals surface area contributed by atoms with Crippen molar-refractivity contribution in [3.63, 3.8) is 0 Å². The number of ether oxygens (including phenoxy) is 1. The number of hydrogen-bond acceptors (Lipinski definition) is 6. The highest BCUT2D eigenvalue weighted by Gasteiger charge is 2.37. The first-order valence-electron chi connectivity index (χ1n) is 12.4. The zero-order valence-electron chi connectivity index (χ0n) is 22.4. The molecule has 1 N–H and O–H groups in total. The van der Waals surface area contributed by atoms with Crippen LogP contribution in [-0.4, -0.2) is 46.4 Å². The van der Waals surface area contributed by atoms with Crippen molar-refractivity contribution in [1.29, 1.82) is 0 Å². The van der Waals surface area contributed by atoms with Crippen LogP contribution in [0.4, 0.5) is 33.3 Å². The lowest BCUT2D eigenvalue weighted by Gasteiger charge is -2.26. The molecule has 40 heavy (non-hydrogen) atoms. The maximum atomic E-state index is 14.1. The van der Waals surface area contributed by atoms with E-state index in [1.54, 1.807) is 13.0 Å². The number of alkyl halides is 5. The predicted molar refractivity (Wildman–Crippen MR) is 145 cm³/mol. The van der Waals surface area contributed by atoms with Crippen molar-refractivity contribution in [2.45, 2.75) is 50.8 Å². The second-order valence-corrected chi connectivity index (χ2v) is 10.5. The standard InChI is InChI=1S/C24H22F3N3O3S.C4H8F2/c1-15-8-9-16(22(28-15)23(31)32)14-33-20-13-21-19(12-18(20)24(25,26)27)30(11-10-29(2)34-21)17-6-4-3-5-7-17;1-3-4(2,5)6/h3-9,12-13H,10-11,14H2,1-2H3,(H,31,32);3H2,1-2H3. The molecule has 0 saturated heterocycles. The molecule has 0 spiro atoms. The molecule has 4 rings (SSSR count). The van der Waals surface area contributed by atoms with Crippen LogP contribution in [0.25, 0.3) is 0 Å². The molecule has 0 amide bonds. The van der Waals surface area contributed by atoms with Crippen molar-refractivity contribution >= 4 is 29.3 Å². The highest BCUT2D eigenvalue weighted by Crippen LogP contribution is 2.46. The van der Waals surface area contributed by atoms with E-state index >= 15 is 0 Å². The minimum absolute atomic E-state index is 0.0625. The van der Waals surface area contributed by atoms with E-state index in [0.717, 1.165) is 18.7 Å². The molecule has 12 heteroatoms. The van der Waals surface area contributed by atoms with Gasteiger partial charge in [-0.3, -0.25) is 0 Å². The Morgan fingerprint density at radius 2 is 1.73 bits per heavy atom. The topological polar surface area (TPSA) is 65.9 Å². The molecule has 0 aliphatic carbocycles. The fourth-order valence-corrected chi connectivity index (χ4v) is 4.60. The molecular formula is C28H30F5N3O3S. The third-order valence-corrected chi connectivity index (χ3v) is 6.96. The molecule has 2 heterocycles. The number of carbonyl (C=O) groups is 1. The summed E-state index contributed by atoms with van der Waals surface area (Å²) in [6.45, 7) is 4.78. The Kier molecular flexibility index (Phi) is 10.0. The van der Waals surface area contributed by atoms with Crippen LogP contribution in [-0.2, 0) is 12.8 Å². The summed E-state index contributed by atoms with van der Waals surface area (Å²) in [4.78, 5) is 18.0. The molecule has 0 fully saturated rings. The summed E-state index contributed by atoms with van der Waals surface area (Å²) in [5.74, 6) is -4.09. The Morgan fingerprint density at radius 1 is 1.07 bits per heavy atom. The van der Waals surface area contributed by atoms with E-state index in [1.807, 2.05) is 46.6 Å². The van der Waals surface area contributed by atoms with Gasteiger partial charge < -0.3 is 14.7 Å². The molecule has 0 unspecified atom stereocenters. The summed E-state index contributed by atoms with van der Waals surface area (Å²) in [7, 11) is 1.87. The minimum atomic E-state index is -4.67. The maximum Gasteiger partial charge on any atom is 0.420 e. The van der Waals surface area contributed by atoms with Gasteiger partial charge in [-0.05, 0) is 63.2 Å². The predicted octanol–water partition coefficient (Wildman–Crippen LogP) is 7.83. The Bertz CT molecular complexity index is 1320. The number of hydrogen-bond donors (Lipinski definition) is 1. The molecule has 1 aliphatic rings. The van der Waals surface area contributed by atoms with Gasteiger partial charge in [0.05, 0.1) is 16.1 Å². The fraction of sp³-hybridized carbons (Fsp3) is 0.357. The van der Waals surface area contributed by atoms with Gasteiger partial charge in [-0.25, -0.2) is 22.9 Å². The summed E-state index contributed by atoms with van der Waals surface area (Å²) in [5.41, 5.74) is 0.739. The van der Waals surface area contributed by atoms with Crippen LogP contribution in [0.1, 0.15) is 47.6 Å². The Morgan fingerprint density at radius 3 is 2.30 bits per heavy atom. The molecule has 0 radical (unpaired) electrons. The lowest BCUT2D eigenvalue weighted by Crippen LogP contribution is -2.24. The molecule has 0 bridgehead atoms. The van der Waals surface area contributed by atoms with E-state index in [1.165, 1.54) is 31.0 Å². The first kappa shape index (κ1) is 31.2. The van der Waals surface area contributed by atoms with Gasteiger partial charge in [-0.15, -0.1) is 0 Å². The molecule has 1 aliphatic heterocycles. The second-order valence-electron chi connectivity index (χ2n) is 9.22. The van der Waals surface area contributed by atoms with Gasteiger partial charge in [0.15, 0.2) is 5.69 Å². The molecule has 216 valence electrons. The molecule has 6 nitrogen and oxygen atoms in total. The lowest BCUT2D eigenvalue weighted by atomic mass is 10.1. The van der Waals surface area contributed by atoms with E-state index < -0.39 is 23.6 Å². The van der Waals surface area contributed by atoms with E-state index in [0.29, 0.717) is 29.4 Å². The van der Waals surface area contributed by atoms with Crippen LogP contribution in [0, 0.1) is 6.92 Å². The van der Waals surface area contributed by atoms with Crippen LogP contribution in [0.5, 0.6) is 5.75 Å². The average Bonchev–Trinajstić information content (AvgIpc) is 3.04. The number of carboxylic acids is 1. The summed E-state index contributed by atoms with van der Waals surface area (Å²) in [5, 5.41) is 9.41. The van der Waals surface area contributed by atoms with Crippen molar-refractivity contribution in [1.82, 2.24) is 9.29 Å². The highest BCUT2D eigenvalue weighted by atomic mass is 32.2. The van der Waals surface area contributed by atoms with Crippen LogP contribution in [0.15, 0.2) is 59.5 Å². The number of aromatic carboxylic acids is 1. The van der Waals surface area contributed by atoms with Crippen LogP contribution >= 0.6 is 11.9 Å². The van der Waals surface area contributed by atoms with Gasteiger partial charge in [0.2, 0.25) is 5.92 Å². The Balaban J connectivity index is 0.000000663. The van der Waals surface area contributed by atoms with E-state index in [2.05, 4.69) is 4.98 Å². The number of aryl methyl sites for hydroxylation is 1. The first-order valence-corrected chi connectivity index (χ1v) is 13.1. The zero-order valence-corrected chi connectivity index (χ0v) is 23.2. The molecule has 0 atom stereocenters.